The first kappa shape index (κ1) is 16.2. The van der Waals surface area contributed by atoms with E-state index < -0.39 is 9.84 Å². The van der Waals surface area contributed by atoms with Crippen molar-refractivity contribution in [3.05, 3.63) is 67.3 Å². The van der Waals surface area contributed by atoms with E-state index in [1.165, 1.54) is 12.6 Å². The molecule has 130 valence electrons. The van der Waals surface area contributed by atoms with Crippen molar-refractivity contribution in [2.75, 3.05) is 11.6 Å². The van der Waals surface area contributed by atoms with Crippen molar-refractivity contribution in [2.24, 2.45) is 0 Å². The summed E-state index contributed by atoms with van der Waals surface area (Å²) < 4.78 is 25.4. The number of para-hydroxylation sites is 1. The minimum absolute atomic E-state index is 0.225. The molecule has 0 amide bonds. The highest BCUT2D eigenvalue weighted by molar-refractivity contribution is 7.90. The number of anilines is 2. The predicted molar refractivity (Wildman–Crippen MR) is 99.5 cm³/mol. The number of hydrogen-bond donors (Lipinski definition) is 1. The molecule has 4 rings (SSSR count). The summed E-state index contributed by atoms with van der Waals surface area (Å²) in [5, 5.41) is 8.15. The highest BCUT2D eigenvalue weighted by Gasteiger charge is 2.12. The van der Waals surface area contributed by atoms with Crippen LogP contribution in [0.2, 0.25) is 0 Å². The first-order valence-corrected chi connectivity index (χ1v) is 9.72. The molecule has 0 unspecified atom stereocenters. The summed E-state index contributed by atoms with van der Waals surface area (Å²) in [5.41, 5.74) is 2.33. The van der Waals surface area contributed by atoms with Crippen molar-refractivity contribution < 1.29 is 8.42 Å². The Balaban J connectivity index is 1.72. The van der Waals surface area contributed by atoms with E-state index in [-0.39, 0.29) is 4.90 Å². The number of nitrogens with zero attached hydrogens (tertiary/aromatic N) is 4. The summed E-state index contributed by atoms with van der Waals surface area (Å²) in [6, 6.07) is 14.5. The number of benzene rings is 2. The standard InChI is InChI=1S/C18H15N5O2S/c1-26(24,25)15-7-8-17-16(9-15)18(20-12-19-17)22-13-10-21-23(11-13)14-5-3-2-4-6-14/h2-12H,1H3,(H,19,20,22). The van der Waals surface area contributed by atoms with Gasteiger partial charge >= 0.3 is 0 Å². The van der Waals surface area contributed by atoms with Crippen molar-refractivity contribution >= 4 is 32.2 Å². The Morgan fingerprint density at radius 2 is 1.85 bits per heavy atom. The first-order valence-electron chi connectivity index (χ1n) is 7.83. The van der Waals surface area contributed by atoms with Crippen LogP contribution in [0.5, 0.6) is 0 Å². The maximum Gasteiger partial charge on any atom is 0.175 e. The van der Waals surface area contributed by atoms with E-state index in [0.717, 1.165) is 11.4 Å². The van der Waals surface area contributed by atoms with Crippen LogP contribution < -0.4 is 5.32 Å². The molecule has 0 aliphatic heterocycles. The topological polar surface area (TPSA) is 89.8 Å². The number of fused-ring (bicyclic) bond motifs is 1. The van der Waals surface area contributed by atoms with Gasteiger partial charge < -0.3 is 5.32 Å². The van der Waals surface area contributed by atoms with Gasteiger partial charge in [0.2, 0.25) is 0 Å². The third-order valence-electron chi connectivity index (χ3n) is 3.90. The third-order valence-corrected chi connectivity index (χ3v) is 5.01. The molecule has 7 nitrogen and oxygen atoms in total. The van der Waals surface area contributed by atoms with Crippen molar-refractivity contribution in [2.45, 2.75) is 4.90 Å². The van der Waals surface area contributed by atoms with Crippen molar-refractivity contribution in [3.8, 4) is 5.69 Å². The molecule has 0 saturated carbocycles. The van der Waals surface area contributed by atoms with E-state index in [2.05, 4.69) is 20.4 Å². The Hall–Kier alpha value is -3.26. The van der Waals surface area contributed by atoms with E-state index in [1.54, 1.807) is 29.1 Å². The number of nitrogens with one attached hydrogen (secondary N) is 1. The summed E-state index contributed by atoms with van der Waals surface area (Å²) >= 11 is 0. The van der Waals surface area contributed by atoms with Crippen LogP contribution in [0.3, 0.4) is 0 Å². The molecule has 2 heterocycles. The molecule has 0 saturated heterocycles. The first-order chi connectivity index (χ1) is 12.5. The van der Waals surface area contributed by atoms with Gasteiger partial charge in [0, 0.05) is 11.6 Å². The van der Waals surface area contributed by atoms with Gasteiger partial charge in [-0.05, 0) is 30.3 Å². The van der Waals surface area contributed by atoms with E-state index in [0.29, 0.717) is 16.7 Å². The number of aromatic nitrogens is 4. The van der Waals surface area contributed by atoms with Gasteiger partial charge in [0.25, 0.3) is 0 Å². The quantitative estimate of drug-likeness (QED) is 0.598. The lowest BCUT2D eigenvalue weighted by Crippen LogP contribution is -1.99. The smallest absolute Gasteiger partial charge is 0.175 e. The van der Waals surface area contributed by atoms with Crippen LogP contribution in [0.1, 0.15) is 0 Å². The molecule has 2 aromatic heterocycles. The molecule has 0 radical (unpaired) electrons. The molecule has 1 N–H and O–H groups in total. The second kappa shape index (κ2) is 6.23. The lowest BCUT2D eigenvalue weighted by Gasteiger charge is -2.07. The summed E-state index contributed by atoms with van der Waals surface area (Å²) in [4.78, 5) is 8.67. The van der Waals surface area contributed by atoms with Gasteiger partial charge in [0.1, 0.15) is 12.1 Å². The van der Waals surface area contributed by atoms with Gasteiger partial charge in [0.15, 0.2) is 9.84 Å². The SMILES string of the molecule is CS(=O)(=O)c1ccc2ncnc(Nc3cnn(-c4ccccc4)c3)c2c1. The molecule has 0 spiro atoms. The molecule has 0 atom stereocenters. The van der Waals surface area contributed by atoms with Crippen LogP contribution in [0, 0.1) is 0 Å². The maximum absolute atomic E-state index is 11.8. The van der Waals surface area contributed by atoms with Gasteiger partial charge in [-0.25, -0.2) is 23.1 Å². The molecule has 2 aromatic carbocycles. The van der Waals surface area contributed by atoms with Crippen LogP contribution >= 0.6 is 0 Å². The van der Waals surface area contributed by atoms with Crippen LogP contribution in [0.25, 0.3) is 16.6 Å². The zero-order valence-electron chi connectivity index (χ0n) is 13.9. The van der Waals surface area contributed by atoms with Gasteiger partial charge in [-0.1, -0.05) is 18.2 Å². The average Bonchev–Trinajstić information content (AvgIpc) is 3.10. The molecule has 0 fully saturated rings. The lowest BCUT2D eigenvalue weighted by atomic mass is 10.2. The molecule has 0 bridgehead atoms. The van der Waals surface area contributed by atoms with Crippen LogP contribution in [-0.2, 0) is 9.84 Å². The fraction of sp³-hybridized carbons (Fsp3) is 0.0556. The Kier molecular flexibility index (Phi) is 3.89. The molecular formula is C18H15N5O2S. The van der Waals surface area contributed by atoms with Crippen molar-refractivity contribution in [3.63, 3.8) is 0 Å². The molecule has 26 heavy (non-hydrogen) atoms. The Morgan fingerprint density at radius 3 is 2.62 bits per heavy atom. The van der Waals surface area contributed by atoms with E-state index in [1.807, 2.05) is 36.5 Å². The number of sulfone groups is 1. The average molecular weight is 365 g/mol. The van der Waals surface area contributed by atoms with Gasteiger partial charge in [0.05, 0.1) is 34.2 Å². The van der Waals surface area contributed by atoms with Gasteiger partial charge in [-0.3, -0.25) is 0 Å². The highest BCUT2D eigenvalue weighted by Crippen LogP contribution is 2.25. The van der Waals surface area contributed by atoms with Crippen molar-refractivity contribution in [1.29, 1.82) is 0 Å². The number of rotatable bonds is 4. The second-order valence-corrected chi connectivity index (χ2v) is 7.82. The number of hydrogen-bond acceptors (Lipinski definition) is 6. The monoisotopic (exact) mass is 365 g/mol. The van der Waals surface area contributed by atoms with E-state index in [9.17, 15) is 8.42 Å². The maximum atomic E-state index is 11.8. The summed E-state index contributed by atoms with van der Waals surface area (Å²) in [6.07, 6.45) is 6.13. The second-order valence-electron chi connectivity index (χ2n) is 5.81. The van der Waals surface area contributed by atoms with Crippen LogP contribution in [0.4, 0.5) is 11.5 Å². The molecule has 8 heteroatoms. The predicted octanol–water partition coefficient (Wildman–Crippen LogP) is 2.96. The zero-order valence-corrected chi connectivity index (χ0v) is 14.7. The largest absolute Gasteiger partial charge is 0.337 e. The lowest BCUT2D eigenvalue weighted by molar-refractivity contribution is 0.602. The molecule has 0 aliphatic rings. The van der Waals surface area contributed by atoms with Gasteiger partial charge in [-0.2, -0.15) is 5.10 Å². The third kappa shape index (κ3) is 3.14. The van der Waals surface area contributed by atoms with Crippen LogP contribution in [-0.4, -0.2) is 34.4 Å². The summed E-state index contributed by atoms with van der Waals surface area (Å²) in [5.74, 6) is 0.521. The van der Waals surface area contributed by atoms with E-state index in [4.69, 9.17) is 0 Å². The Morgan fingerprint density at radius 1 is 1.04 bits per heavy atom. The van der Waals surface area contributed by atoms with Gasteiger partial charge in [-0.15, -0.1) is 0 Å². The summed E-state index contributed by atoms with van der Waals surface area (Å²) in [7, 11) is -3.32. The Bertz CT molecular complexity index is 1190. The molecular weight excluding hydrogens is 350 g/mol. The fourth-order valence-corrected chi connectivity index (χ4v) is 3.26. The minimum atomic E-state index is -3.32. The minimum Gasteiger partial charge on any atom is -0.337 e. The summed E-state index contributed by atoms with van der Waals surface area (Å²) in [6.45, 7) is 0. The Labute approximate surface area is 150 Å². The highest BCUT2D eigenvalue weighted by atomic mass is 32.2. The fourth-order valence-electron chi connectivity index (χ4n) is 2.61. The zero-order chi connectivity index (χ0) is 18.1. The molecule has 0 aliphatic carbocycles. The van der Waals surface area contributed by atoms with Crippen LogP contribution in [0.15, 0.2) is 72.1 Å². The normalized spacial score (nSPS) is 11.6. The van der Waals surface area contributed by atoms with E-state index >= 15 is 0 Å². The molecule has 4 aromatic rings. The van der Waals surface area contributed by atoms with Crippen molar-refractivity contribution in [1.82, 2.24) is 19.7 Å².